The second-order valence-corrected chi connectivity index (χ2v) is 7.53. The molecule has 1 heterocycles. The Morgan fingerprint density at radius 1 is 1.48 bits per heavy atom. The second-order valence-electron chi connectivity index (χ2n) is 5.67. The number of benzene rings is 1. The van der Waals surface area contributed by atoms with E-state index < -0.39 is 0 Å². The average Bonchev–Trinajstić information content (AvgIpc) is 2.59. The number of ether oxygens (including phenoxy) is 1. The molecular formula is C17H22BrN3O3S. The largest absolute Gasteiger partial charge is 0.383 e. The van der Waals surface area contributed by atoms with E-state index in [4.69, 9.17) is 4.74 Å². The molecular weight excluding hydrogens is 406 g/mol. The topological polar surface area (TPSA) is 73.2 Å². The van der Waals surface area contributed by atoms with Crippen molar-refractivity contribution in [1.82, 2.24) is 14.9 Å². The van der Waals surface area contributed by atoms with Crippen LogP contribution in [0, 0.1) is 0 Å². The van der Waals surface area contributed by atoms with Gasteiger partial charge in [-0.05, 0) is 31.5 Å². The first-order chi connectivity index (χ1) is 12.0. The summed E-state index contributed by atoms with van der Waals surface area (Å²) in [6, 6.07) is 5.53. The van der Waals surface area contributed by atoms with Crippen molar-refractivity contribution in [1.29, 1.82) is 0 Å². The van der Waals surface area contributed by atoms with Crippen LogP contribution < -0.4 is 10.9 Å². The lowest BCUT2D eigenvalue weighted by Crippen LogP contribution is -2.33. The normalized spacial score (nSPS) is 12.3. The SMILES string of the molecule is CCC(C)NC(=O)CSc1nc2ccc(Br)cc2c(=O)n1CCOC. The summed E-state index contributed by atoms with van der Waals surface area (Å²) < 4.78 is 7.49. The Hall–Kier alpha value is -1.38. The standard InChI is InChI=1S/C17H22BrN3O3S/c1-4-11(2)19-15(22)10-25-17-20-14-6-5-12(18)9-13(14)16(23)21(17)7-8-24-3/h5-6,9,11H,4,7-8,10H2,1-3H3,(H,19,22). The quantitative estimate of drug-likeness (QED) is 0.517. The molecule has 1 amide bonds. The van der Waals surface area contributed by atoms with Gasteiger partial charge in [-0.25, -0.2) is 4.98 Å². The number of carbonyl (C=O) groups is 1. The van der Waals surface area contributed by atoms with Gasteiger partial charge in [0.15, 0.2) is 5.16 Å². The monoisotopic (exact) mass is 427 g/mol. The average molecular weight is 428 g/mol. The molecule has 6 nitrogen and oxygen atoms in total. The van der Waals surface area contributed by atoms with Crippen molar-refractivity contribution in [2.75, 3.05) is 19.5 Å². The summed E-state index contributed by atoms with van der Waals surface area (Å²) in [5, 5.41) is 3.98. The van der Waals surface area contributed by atoms with Crippen molar-refractivity contribution in [3.8, 4) is 0 Å². The number of amides is 1. The summed E-state index contributed by atoms with van der Waals surface area (Å²) in [6.45, 7) is 4.76. The van der Waals surface area contributed by atoms with Gasteiger partial charge in [0.1, 0.15) is 0 Å². The lowest BCUT2D eigenvalue weighted by molar-refractivity contribution is -0.119. The maximum absolute atomic E-state index is 12.8. The lowest BCUT2D eigenvalue weighted by Gasteiger charge is -2.14. The number of hydrogen-bond donors (Lipinski definition) is 1. The minimum absolute atomic E-state index is 0.0669. The molecule has 0 fully saturated rings. The molecule has 8 heteroatoms. The first kappa shape index (κ1) is 19.9. The Kier molecular flexibility index (Phi) is 7.46. The van der Waals surface area contributed by atoms with E-state index >= 15 is 0 Å². The zero-order chi connectivity index (χ0) is 18.4. The van der Waals surface area contributed by atoms with Crippen LogP contribution in [0.2, 0.25) is 0 Å². The van der Waals surface area contributed by atoms with Crippen molar-refractivity contribution in [2.45, 2.75) is 38.0 Å². The zero-order valence-electron chi connectivity index (χ0n) is 14.5. The molecule has 2 rings (SSSR count). The zero-order valence-corrected chi connectivity index (χ0v) is 16.9. The molecule has 0 aliphatic heterocycles. The number of nitrogens with one attached hydrogen (secondary N) is 1. The minimum atomic E-state index is -0.131. The molecule has 0 aliphatic rings. The summed E-state index contributed by atoms with van der Waals surface area (Å²) in [7, 11) is 1.59. The van der Waals surface area contributed by atoms with Crippen LogP contribution in [0.1, 0.15) is 20.3 Å². The van der Waals surface area contributed by atoms with Gasteiger partial charge in [0.2, 0.25) is 5.91 Å². The molecule has 136 valence electrons. The van der Waals surface area contributed by atoms with Gasteiger partial charge in [-0.3, -0.25) is 14.2 Å². The van der Waals surface area contributed by atoms with Crippen LogP contribution in [0.5, 0.6) is 0 Å². The fraction of sp³-hybridized carbons (Fsp3) is 0.471. The van der Waals surface area contributed by atoms with E-state index in [1.807, 2.05) is 19.9 Å². The van der Waals surface area contributed by atoms with Crippen molar-refractivity contribution in [3.63, 3.8) is 0 Å². The molecule has 0 spiro atoms. The number of fused-ring (bicyclic) bond motifs is 1. The Balaban J connectivity index is 2.31. The van der Waals surface area contributed by atoms with Crippen LogP contribution in [0.25, 0.3) is 10.9 Å². The highest BCUT2D eigenvalue weighted by Gasteiger charge is 2.14. The van der Waals surface area contributed by atoms with Crippen molar-refractivity contribution >= 4 is 44.5 Å². The molecule has 1 aromatic carbocycles. The number of aromatic nitrogens is 2. The van der Waals surface area contributed by atoms with Gasteiger partial charge >= 0.3 is 0 Å². The van der Waals surface area contributed by atoms with Gasteiger partial charge in [-0.1, -0.05) is 34.6 Å². The Morgan fingerprint density at radius 2 is 2.24 bits per heavy atom. The first-order valence-electron chi connectivity index (χ1n) is 8.07. The van der Waals surface area contributed by atoms with E-state index in [-0.39, 0.29) is 23.3 Å². The molecule has 0 radical (unpaired) electrons. The highest BCUT2D eigenvalue weighted by Crippen LogP contribution is 2.20. The maximum Gasteiger partial charge on any atom is 0.262 e. The molecule has 0 saturated carbocycles. The van der Waals surface area contributed by atoms with Crippen molar-refractivity contribution < 1.29 is 9.53 Å². The summed E-state index contributed by atoms with van der Waals surface area (Å²) >= 11 is 4.65. The number of carbonyl (C=O) groups excluding carboxylic acids is 1. The molecule has 1 atom stereocenters. The maximum atomic E-state index is 12.8. The molecule has 0 bridgehead atoms. The van der Waals surface area contributed by atoms with Gasteiger partial charge in [0.05, 0.1) is 29.8 Å². The summed E-state index contributed by atoms with van der Waals surface area (Å²) in [5.41, 5.74) is 0.486. The Bertz CT molecular complexity index is 810. The third-order valence-corrected chi connectivity index (χ3v) is 5.22. The predicted octanol–water partition coefficient (Wildman–Crippen LogP) is 2.81. The minimum Gasteiger partial charge on any atom is -0.383 e. The van der Waals surface area contributed by atoms with Crippen LogP contribution >= 0.6 is 27.7 Å². The van der Waals surface area contributed by atoms with E-state index in [9.17, 15) is 9.59 Å². The lowest BCUT2D eigenvalue weighted by atomic mass is 10.2. The molecule has 1 unspecified atom stereocenters. The number of hydrogen-bond acceptors (Lipinski definition) is 5. The van der Waals surface area contributed by atoms with E-state index in [0.717, 1.165) is 10.9 Å². The van der Waals surface area contributed by atoms with Crippen LogP contribution in [-0.4, -0.2) is 41.0 Å². The van der Waals surface area contributed by atoms with E-state index in [2.05, 4.69) is 26.2 Å². The summed E-state index contributed by atoms with van der Waals surface area (Å²) in [6.07, 6.45) is 0.873. The Labute approximate surface area is 159 Å². The highest BCUT2D eigenvalue weighted by atomic mass is 79.9. The number of nitrogens with zero attached hydrogens (tertiary/aromatic N) is 2. The number of thioether (sulfide) groups is 1. The molecule has 0 saturated heterocycles. The fourth-order valence-corrected chi connectivity index (χ4v) is 3.41. The molecule has 1 aromatic heterocycles. The van der Waals surface area contributed by atoms with Gasteiger partial charge in [0.25, 0.3) is 5.56 Å². The fourth-order valence-electron chi connectivity index (χ4n) is 2.21. The predicted molar refractivity (Wildman–Crippen MR) is 104 cm³/mol. The molecule has 2 aromatic rings. The van der Waals surface area contributed by atoms with Crippen molar-refractivity contribution in [3.05, 3.63) is 33.0 Å². The first-order valence-corrected chi connectivity index (χ1v) is 9.85. The van der Waals surface area contributed by atoms with Crippen LogP contribution in [0.4, 0.5) is 0 Å². The highest BCUT2D eigenvalue weighted by molar-refractivity contribution is 9.10. The smallest absolute Gasteiger partial charge is 0.262 e. The van der Waals surface area contributed by atoms with Gasteiger partial charge in [-0.15, -0.1) is 0 Å². The van der Waals surface area contributed by atoms with Gasteiger partial charge < -0.3 is 10.1 Å². The summed E-state index contributed by atoms with van der Waals surface area (Å²) in [5.74, 6) is 0.147. The van der Waals surface area contributed by atoms with Crippen molar-refractivity contribution in [2.24, 2.45) is 0 Å². The van der Waals surface area contributed by atoms with E-state index in [0.29, 0.717) is 29.2 Å². The van der Waals surface area contributed by atoms with E-state index in [1.54, 1.807) is 23.8 Å². The molecule has 1 N–H and O–H groups in total. The molecule has 25 heavy (non-hydrogen) atoms. The number of rotatable bonds is 8. The third kappa shape index (κ3) is 5.29. The van der Waals surface area contributed by atoms with Crippen LogP contribution in [0.15, 0.2) is 32.6 Å². The number of halogens is 1. The van der Waals surface area contributed by atoms with Crippen LogP contribution in [0.3, 0.4) is 0 Å². The van der Waals surface area contributed by atoms with Crippen LogP contribution in [-0.2, 0) is 16.1 Å². The van der Waals surface area contributed by atoms with Gasteiger partial charge in [0, 0.05) is 17.6 Å². The Morgan fingerprint density at radius 3 is 2.92 bits per heavy atom. The summed E-state index contributed by atoms with van der Waals surface area (Å²) in [4.78, 5) is 29.4. The molecule has 0 aliphatic carbocycles. The second kappa shape index (κ2) is 9.35. The van der Waals surface area contributed by atoms with E-state index in [1.165, 1.54) is 11.8 Å². The third-order valence-electron chi connectivity index (χ3n) is 3.75. The van der Waals surface area contributed by atoms with Gasteiger partial charge in [-0.2, -0.15) is 0 Å². The number of methoxy groups -OCH3 is 1.